The first kappa shape index (κ1) is 19.2. The van der Waals surface area contributed by atoms with E-state index in [9.17, 15) is 0 Å². The van der Waals surface area contributed by atoms with Crippen molar-refractivity contribution in [2.45, 2.75) is 58.6 Å². The Morgan fingerprint density at radius 1 is 1.04 bits per heavy atom. The lowest BCUT2D eigenvalue weighted by Gasteiger charge is -2.32. The van der Waals surface area contributed by atoms with Crippen molar-refractivity contribution in [1.82, 2.24) is 9.55 Å². The van der Waals surface area contributed by atoms with Crippen molar-refractivity contribution >= 4 is 12.8 Å². The first-order chi connectivity index (χ1) is 13.2. The van der Waals surface area contributed by atoms with Gasteiger partial charge in [0.25, 0.3) is 0 Å². The third-order valence-electron chi connectivity index (χ3n) is 6.18. The van der Waals surface area contributed by atoms with Crippen LogP contribution in [0.15, 0.2) is 47.5 Å². The van der Waals surface area contributed by atoms with Crippen molar-refractivity contribution < 1.29 is 9.31 Å². The molecule has 3 heterocycles. The zero-order valence-electron chi connectivity index (χ0n) is 17.6. The summed E-state index contributed by atoms with van der Waals surface area (Å²) in [6.45, 7) is 13.1. The van der Waals surface area contributed by atoms with E-state index in [2.05, 4.69) is 63.5 Å². The van der Waals surface area contributed by atoms with Gasteiger partial charge in [0, 0.05) is 23.7 Å². The first-order valence-corrected chi connectivity index (χ1v) is 9.90. The van der Waals surface area contributed by atoms with E-state index in [-0.39, 0.29) is 24.1 Å². The van der Waals surface area contributed by atoms with Gasteiger partial charge in [0.1, 0.15) is 5.71 Å². The predicted octanol–water partition coefficient (Wildman–Crippen LogP) is 4.31. The highest BCUT2D eigenvalue weighted by molar-refractivity contribution is 6.48. The molecule has 146 valence electrons. The van der Waals surface area contributed by atoms with E-state index in [0.29, 0.717) is 6.54 Å². The quantitative estimate of drug-likeness (QED) is 0.749. The van der Waals surface area contributed by atoms with Crippen LogP contribution >= 0.6 is 0 Å². The molecule has 4 rings (SSSR count). The second-order valence-corrected chi connectivity index (χ2v) is 8.65. The zero-order chi connectivity index (χ0) is 20.1. The van der Waals surface area contributed by atoms with E-state index in [0.717, 1.165) is 28.6 Å². The van der Waals surface area contributed by atoms with Gasteiger partial charge in [-0.3, -0.25) is 9.56 Å². The molecular formula is C22H28BN3O2. The fourth-order valence-corrected chi connectivity index (χ4v) is 3.59. The molecule has 2 aliphatic rings. The number of nitrogens with zero attached hydrogens (tertiary/aromatic N) is 3. The maximum atomic E-state index is 6.20. The number of aliphatic imine (C=N–C) groups is 1. The summed E-state index contributed by atoms with van der Waals surface area (Å²) in [5.41, 5.74) is 3.49. The minimum atomic E-state index is -0.326. The number of benzene rings is 1. The average molecular weight is 377 g/mol. The fraction of sp³-hybridized carbons (Fsp3) is 0.455. The molecule has 6 heteroatoms. The lowest BCUT2D eigenvalue weighted by atomic mass is 9.71. The van der Waals surface area contributed by atoms with E-state index >= 15 is 0 Å². The highest BCUT2D eigenvalue weighted by Crippen LogP contribution is 2.40. The maximum absolute atomic E-state index is 6.20. The second-order valence-electron chi connectivity index (χ2n) is 8.65. The number of imidazole rings is 1. The molecule has 1 saturated heterocycles. The zero-order valence-corrected chi connectivity index (χ0v) is 17.6. The van der Waals surface area contributed by atoms with Gasteiger partial charge in [0.2, 0.25) is 0 Å². The molecule has 0 N–H and O–H groups in total. The van der Waals surface area contributed by atoms with E-state index < -0.39 is 0 Å². The van der Waals surface area contributed by atoms with E-state index in [1.54, 1.807) is 0 Å². The molecule has 0 aliphatic carbocycles. The van der Waals surface area contributed by atoms with E-state index in [4.69, 9.17) is 19.3 Å². The smallest absolute Gasteiger partial charge is 0.403 e. The van der Waals surface area contributed by atoms with Gasteiger partial charge in [-0.2, -0.15) is 0 Å². The summed E-state index contributed by atoms with van der Waals surface area (Å²) in [5, 5.41) is 0. The van der Waals surface area contributed by atoms with Gasteiger partial charge in [-0.25, -0.2) is 4.98 Å². The molecule has 0 saturated carbocycles. The van der Waals surface area contributed by atoms with E-state index in [1.165, 1.54) is 0 Å². The lowest BCUT2D eigenvalue weighted by molar-refractivity contribution is 0.00578. The van der Waals surface area contributed by atoms with Gasteiger partial charge in [-0.05, 0) is 59.8 Å². The molecule has 1 aromatic heterocycles. The summed E-state index contributed by atoms with van der Waals surface area (Å²) >= 11 is 0. The number of allylic oxidation sites excluding steroid dienone is 1. The van der Waals surface area contributed by atoms with Gasteiger partial charge < -0.3 is 9.31 Å². The van der Waals surface area contributed by atoms with Crippen LogP contribution in [0.4, 0.5) is 0 Å². The number of aromatic nitrogens is 2. The Morgan fingerprint density at radius 3 is 2.25 bits per heavy atom. The fourth-order valence-electron chi connectivity index (χ4n) is 3.59. The molecule has 1 atom stereocenters. The van der Waals surface area contributed by atoms with Crippen molar-refractivity contribution in [2.24, 2.45) is 4.99 Å². The summed E-state index contributed by atoms with van der Waals surface area (Å²) in [6.07, 6.45) is 4.21. The normalized spacial score (nSPS) is 23.1. The van der Waals surface area contributed by atoms with Crippen LogP contribution in [0.1, 0.15) is 44.9 Å². The molecule has 1 aromatic carbocycles. The van der Waals surface area contributed by atoms with Crippen molar-refractivity contribution in [2.75, 3.05) is 6.54 Å². The second kappa shape index (κ2) is 6.71. The molecule has 0 amide bonds. The van der Waals surface area contributed by atoms with Crippen LogP contribution < -0.4 is 0 Å². The molecule has 28 heavy (non-hydrogen) atoms. The molecule has 2 aliphatic heterocycles. The molecule has 0 radical (unpaired) electrons. The third kappa shape index (κ3) is 3.14. The molecule has 5 nitrogen and oxygen atoms in total. The topological polar surface area (TPSA) is 48.6 Å². The van der Waals surface area contributed by atoms with Gasteiger partial charge in [0.05, 0.1) is 16.9 Å². The van der Waals surface area contributed by atoms with Gasteiger partial charge >= 0.3 is 7.12 Å². The van der Waals surface area contributed by atoms with Crippen LogP contribution in [0.25, 0.3) is 5.69 Å². The Bertz CT molecular complexity index is 928. The van der Waals surface area contributed by atoms with Crippen LogP contribution in [0.3, 0.4) is 0 Å². The SMILES string of the molecule is Cc1nc(C2=NCC(B3OC(C)(C)C(C)(C)O3)C=C2)n(-c2ccccc2)c1C. The number of para-hydroxylation sites is 1. The van der Waals surface area contributed by atoms with Gasteiger partial charge in [-0.15, -0.1) is 0 Å². The number of aryl methyl sites for hydroxylation is 1. The highest BCUT2D eigenvalue weighted by atomic mass is 16.7. The molecule has 2 aromatic rings. The number of dihydropyridines is 1. The minimum absolute atomic E-state index is 0.104. The van der Waals surface area contributed by atoms with Crippen LogP contribution in [0, 0.1) is 13.8 Å². The predicted molar refractivity (Wildman–Crippen MR) is 113 cm³/mol. The van der Waals surface area contributed by atoms with E-state index in [1.807, 2.05) is 25.1 Å². The monoisotopic (exact) mass is 377 g/mol. The lowest BCUT2D eigenvalue weighted by Crippen LogP contribution is -2.41. The molecule has 0 spiro atoms. The molecule has 1 fully saturated rings. The van der Waals surface area contributed by atoms with Gasteiger partial charge in [0.15, 0.2) is 5.82 Å². The van der Waals surface area contributed by atoms with Crippen molar-refractivity contribution in [3.05, 3.63) is 59.7 Å². The standard InChI is InChI=1S/C22H28BN3O2/c1-15-16(2)26(18-10-8-7-9-11-18)20(25-15)19-13-12-17(14-24-19)23-27-21(3,4)22(5,6)28-23/h7-13,17H,14H2,1-6H3. The Morgan fingerprint density at radius 2 is 1.68 bits per heavy atom. The summed E-state index contributed by atoms with van der Waals surface area (Å²) in [4.78, 5) is 9.65. The highest BCUT2D eigenvalue weighted by Gasteiger charge is 2.53. The number of hydrogen-bond acceptors (Lipinski definition) is 4. The summed E-state index contributed by atoms with van der Waals surface area (Å²) in [5.74, 6) is 0.983. The van der Waals surface area contributed by atoms with Crippen LogP contribution in [0.2, 0.25) is 5.82 Å². The molecule has 1 unspecified atom stereocenters. The first-order valence-electron chi connectivity index (χ1n) is 9.90. The Kier molecular flexibility index (Phi) is 4.59. The van der Waals surface area contributed by atoms with Gasteiger partial charge in [-0.1, -0.05) is 24.3 Å². The Labute approximate surface area is 167 Å². The summed E-state index contributed by atoms with van der Waals surface area (Å²) < 4.78 is 14.6. The van der Waals surface area contributed by atoms with Crippen LogP contribution in [-0.4, -0.2) is 40.1 Å². The van der Waals surface area contributed by atoms with Crippen molar-refractivity contribution in [1.29, 1.82) is 0 Å². The number of rotatable bonds is 3. The third-order valence-corrected chi connectivity index (χ3v) is 6.18. The average Bonchev–Trinajstić information content (AvgIpc) is 3.08. The Balaban J connectivity index is 1.59. The molecular weight excluding hydrogens is 349 g/mol. The van der Waals surface area contributed by atoms with Crippen molar-refractivity contribution in [3.8, 4) is 5.69 Å². The molecule has 0 bridgehead atoms. The number of hydrogen-bond donors (Lipinski definition) is 0. The van der Waals surface area contributed by atoms with Crippen molar-refractivity contribution in [3.63, 3.8) is 0 Å². The minimum Gasteiger partial charge on any atom is -0.403 e. The Hall–Kier alpha value is -2.18. The summed E-state index contributed by atoms with van der Waals surface area (Å²) in [6, 6.07) is 10.3. The van der Waals surface area contributed by atoms with Crippen LogP contribution in [0.5, 0.6) is 0 Å². The maximum Gasteiger partial charge on any atom is 0.467 e. The van der Waals surface area contributed by atoms with Crippen LogP contribution in [-0.2, 0) is 9.31 Å². The largest absolute Gasteiger partial charge is 0.467 e. The summed E-state index contributed by atoms with van der Waals surface area (Å²) in [7, 11) is -0.274.